The fraction of sp³-hybridized carbons (Fsp3) is 0.706. The van der Waals surface area contributed by atoms with Gasteiger partial charge in [0.25, 0.3) is 0 Å². The van der Waals surface area contributed by atoms with Crippen LogP contribution in [0.2, 0.25) is 0 Å². The van der Waals surface area contributed by atoms with Gasteiger partial charge in [0.2, 0.25) is 0 Å². The number of hydrogen-bond donors (Lipinski definition) is 1. The highest BCUT2D eigenvalue weighted by Crippen LogP contribution is 2.41. The topological polar surface area (TPSA) is 42.1 Å². The average molecular weight is 275 g/mol. The van der Waals surface area contributed by atoms with Gasteiger partial charge in [-0.2, -0.15) is 0 Å². The maximum atomic E-state index is 6.42. The Balaban J connectivity index is 2.21. The normalized spacial score (nSPS) is 21.8. The summed E-state index contributed by atoms with van der Waals surface area (Å²) in [7, 11) is 0. The Morgan fingerprint density at radius 2 is 2.05 bits per heavy atom. The zero-order chi connectivity index (χ0) is 14.6. The molecule has 0 aliphatic carbocycles. The Hall–Kier alpha value is -0.930. The Morgan fingerprint density at radius 1 is 1.30 bits per heavy atom. The molecule has 0 saturated carbocycles. The molecule has 1 fully saturated rings. The second kappa shape index (κ2) is 6.68. The molecule has 0 aromatic carbocycles. The van der Waals surface area contributed by atoms with Crippen molar-refractivity contribution in [3.8, 4) is 0 Å². The summed E-state index contributed by atoms with van der Waals surface area (Å²) in [5, 5.41) is 0. The molecule has 2 heterocycles. The molecule has 2 N–H and O–H groups in total. The van der Waals surface area contributed by atoms with Crippen molar-refractivity contribution in [1.29, 1.82) is 0 Å². The minimum Gasteiger partial charge on any atom is -0.326 e. The van der Waals surface area contributed by atoms with E-state index in [4.69, 9.17) is 5.73 Å². The van der Waals surface area contributed by atoms with E-state index in [1.165, 1.54) is 19.3 Å². The SMILES string of the molecule is CCC(N)C(c1ccccn1)N1CCC(CC)(CC)C1. The van der Waals surface area contributed by atoms with Crippen molar-refractivity contribution < 1.29 is 0 Å². The first-order valence-electron chi connectivity index (χ1n) is 8.06. The summed E-state index contributed by atoms with van der Waals surface area (Å²) < 4.78 is 0. The van der Waals surface area contributed by atoms with Gasteiger partial charge in [-0.25, -0.2) is 0 Å². The molecule has 3 heteroatoms. The van der Waals surface area contributed by atoms with Gasteiger partial charge in [0.15, 0.2) is 0 Å². The maximum absolute atomic E-state index is 6.42. The second-order valence-corrected chi connectivity index (χ2v) is 6.20. The number of hydrogen-bond acceptors (Lipinski definition) is 3. The van der Waals surface area contributed by atoms with E-state index in [-0.39, 0.29) is 12.1 Å². The highest BCUT2D eigenvalue weighted by molar-refractivity contribution is 5.12. The third kappa shape index (κ3) is 3.04. The Labute approximate surface area is 123 Å². The lowest BCUT2D eigenvalue weighted by atomic mass is 9.82. The predicted octanol–water partition coefficient (Wildman–Crippen LogP) is 3.37. The largest absolute Gasteiger partial charge is 0.326 e. The Bertz CT molecular complexity index is 400. The first-order chi connectivity index (χ1) is 9.65. The third-order valence-corrected chi connectivity index (χ3v) is 5.23. The minimum absolute atomic E-state index is 0.161. The van der Waals surface area contributed by atoms with E-state index in [1.54, 1.807) is 0 Å². The molecular weight excluding hydrogens is 246 g/mol. The number of aromatic nitrogens is 1. The molecule has 0 spiro atoms. The van der Waals surface area contributed by atoms with Gasteiger partial charge in [-0.3, -0.25) is 9.88 Å². The van der Waals surface area contributed by atoms with Crippen molar-refractivity contribution >= 4 is 0 Å². The molecule has 2 atom stereocenters. The lowest BCUT2D eigenvalue weighted by Gasteiger charge is -2.34. The van der Waals surface area contributed by atoms with Crippen LogP contribution in [0.4, 0.5) is 0 Å². The number of pyridine rings is 1. The first kappa shape index (κ1) is 15.5. The summed E-state index contributed by atoms with van der Waals surface area (Å²) in [5.74, 6) is 0. The van der Waals surface area contributed by atoms with E-state index < -0.39 is 0 Å². The monoisotopic (exact) mass is 275 g/mol. The lowest BCUT2D eigenvalue weighted by Crippen LogP contribution is -2.41. The van der Waals surface area contributed by atoms with Crippen LogP contribution >= 0.6 is 0 Å². The molecule has 1 aliphatic heterocycles. The molecule has 2 unspecified atom stereocenters. The van der Waals surface area contributed by atoms with Crippen molar-refractivity contribution in [1.82, 2.24) is 9.88 Å². The van der Waals surface area contributed by atoms with E-state index in [1.807, 2.05) is 12.3 Å². The Kier molecular flexibility index (Phi) is 5.17. The summed E-state index contributed by atoms with van der Waals surface area (Å²) in [6.07, 6.45) is 6.68. The van der Waals surface area contributed by atoms with Gasteiger partial charge in [-0.1, -0.05) is 26.8 Å². The summed E-state index contributed by atoms with van der Waals surface area (Å²) in [5.41, 5.74) is 8.03. The summed E-state index contributed by atoms with van der Waals surface area (Å²) >= 11 is 0. The van der Waals surface area contributed by atoms with Crippen molar-refractivity contribution in [2.24, 2.45) is 11.1 Å². The van der Waals surface area contributed by atoms with Gasteiger partial charge in [0.05, 0.1) is 11.7 Å². The van der Waals surface area contributed by atoms with Crippen molar-refractivity contribution in [3.63, 3.8) is 0 Å². The van der Waals surface area contributed by atoms with Crippen LogP contribution in [0.25, 0.3) is 0 Å². The quantitative estimate of drug-likeness (QED) is 0.865. The zero-order valence-corrected chi connectivity index (χ0v) is 13.2. The van der Waals surface area contributed by atoms with Gasteiger partial charge in [-0.05, 0) is 49.8 Å². The fourth-order valence-electron chi connectivity index (χ4n) is 3.49. The van der Waals surface area contributed by atoms with Gasteiger partial charge in [0, 0.05) is 18.8 Å². The summed E-state index contributed by atoms with van der Waals surface area (Å²) in [4.78, 5) is 7.14. The van der Waals surface area contributed by atoms with Crippen LogP contribution in [0, 0.1) is 5.41 Å². The lowest BCUT2D eigenvalue weighted by molar-refractivity contribution is 0.169. The van der Waals surface area contributed by atoms with Gasteiger partial charge < -0.3 is 5.73 Å². The predicted molar refractivity (Wildman–Crippen MR) is 84.4 cm³/mol. The van der Waals surface area contributed by atoms with Crippen molar-refractivity contribution in [2.75, 3.05) is 13.1 Å². The highest BCUT2D eigenvalue weighted by atomic mass is 15.2. The Morgan fingerprint density at radius 3 is 2.55 bits per heavy atom. The maximum Gasteiger partial charge on any atom is 0.0673 e. The smallest absolute Gasteiger partial charge is 0.0673 e. The fourth-order valence-corrected chi connectivity index (χ4v) is 3.49. The molecule has 1 aromatic heterocycles. The highest BCUT2D eigenvalue weighted by Gasteiger charge is 2.39. The van der Waals surface area contributed by atoms with Crippen LogP contribution in [-0.4, -0.2) is 29.0 Å². The number of nitrogens with zero attached hydrogens (tertiary/aromatic N) is 2. The average Bonchev–Trinajstić information content (AvgIpc) is 2.93. The molecule has 2 rings (SSSR count). The minimum atomic E-state index is 0.161. The molecule has 1 saturated heterocycles. The molecule has 0 bridgehead atoms. The van der Waals surface area contributed by atoms with Crippen LogP contribution < -0.4 is 5.73 Å². The third-order valence-electron chi connectivity index (χ3n) is 5.23. The van der Waals surface area contributed by atoms with Crippen LogP contribution in [0.1, 0.15) is 58.2 Å². The van der Waals surface area contributed by atoms with E-state index in [0.29, 0.717) is 5.41 Å². The van der Waals surface area contributed by atoms with Gasteiger partial charge in [-0.15, -0.1) is 0 Å². The molecule has 0 amide bonds. The molecular formula is C17H29N3. The zero-order valence-electron chi connectivity index (χ0n) is 13.2. The number of nitrogens with two attached hydrogens (primary N) is 1. The standard InChI is InChI=1S/C17H29N3/c1-4-14(18)16(15-9-7-8-11-19-15)20-12-10-17(5-2,6-3)13-20/h7-9,11,14,16H,4-6,10,12-13,18H2,1-3H3. The summed E-state index contributed by atoms with van der Waals surface area (Å²) in [6.45, 7) is 9.13. The first-order valence-corrected chi connectivity index (χ1v) is 8.06. The van der Waals surface area contributed by atoms with Crippen molar-refractivity contribution in [2.45, 2.75) is 58.5 Å². The molecule has 0 radical (unpaired) electrons. The van der Waals surface area contributed by atoms with Gasteiger partial charge in [0.1, 0.15) is 0 Å². The molecule has 1 aliphatic rings. The van der Waals surface area contributed by atoms with E-state index in [9.17, 15) is 0 Å². The van der Waals surface area contributed by atoms with E-state index >= 15 is 0 Å². The van der Waals surface area contributed by atoms with Crippen LogP contribution in [-0.2, 0) is 0 Å². The molecule has 3 nitrogen and oxygen atoms in total. The number of likely N-dealkylation sites (tertiary alicyclic amines) is 1. The second-order valence-electron chi connectivity index (χ2n) is 6.20. The number of rotatable bonds is 6. The molecule has 112 valence electrons. The molecule has 1 aromatic rings. The van der Waals surface area contributed by atoms with Gasteiger partial charge >= 0.3 is 0 Å². The van der Waals surface area contributed by atoms with Crippen LogP contribution in [0.3, 0.4) is 0 Å². The van der Waals surface area contributed by atoms with Crippen molar-refractivity contribution in [3.05, 3.63) is 30.1 Å². The summed E-state index contributed by atoms with van der Waals surface area (Å²) in [6, 6.07) is 6.60. The van der Waals surface area contributed by atoms with E-state index in [0.717, 1.165) is 25.2 Å². The molecule has 20 heavy (non-hydrogen) atoms. The van der Waals surface area contributed by atoms with E-state index in [2.05, 4.69) is 42.8 Å². The van der Waals surface area contributed by atoms with Crippen LogP contribution in [0.15, 0.2) is 24.4 Å². The van der Waals surface area contributed by atoms with Crippen LogP contribution in [0.5, 0.6) is 0 Å².